The lowest BCUT2D eigenvalue weighted by Gasteiger charge is -2.06. The van der Waals surface area contributed by atoms with Crippen LogP contribution in [0.1, 0.15) is 5.56 Å². The van der Waals surface area contributed by atoms with Crippen LogP contribution in [0.2, 0.25) is 0 Å². The predicted octanol–water partition coefficient (Wildman–Crippen LogP) is 3.43. The average Bonchev–Trinajstić information content (AvgIpc) is 2.37. The second-order valence-electron chi connectivity index (χ2n) is 4.02. The fourth-order valence-corrected chi connectivity index (χ4v) is 1.73. The van der Waals surface area contributed by atoms with Gasteiger partial charge in [-0.3, -0.25) is 4.79 Å². The van der Waals surface area contributed by atoms with Crippen LogP contribution >= 0.6 is 12.6 Å². The first-order valence-electron chi connectivity index (χ1n) is 5.57. The Hall–Kier alpha value is -1.88. The molecule has 0 aliphatic heterocycles. The van der Waals surface area contributed by atoms with E-state index in [2.05, 4.69) is 17.9 Å². The van der Waals surface area contributed by atoms with Crippen molar-refractivity contribution in [2.24, 2.45) is 0 Å². The highest BCUT2D eigenvalue weighted by Gasteiger charge is 2.07. The van der Waals surface area contributed by atoms with E-state index in [-0.39, 0.29) is 18.0 Å². The molecule has 0 radical (unpaired) electrons. The minimum Gasteiger partial charge on any atom is -0.326 e. The van der Waals surface area contributed by atoms with Crippen LogP contribution in [0.15, 0.2) is 47.4 Å². The van der Waals surface area contributed by atoms with Crippen molar-refractivity contribution in [2.75, 3.05) is 5.32 Å². The summed E-state index contributed by atoms with van der Waals surface area (Å²) in [5.41, 5.74) is 1.05. The average molecular weight is 279 g/mol. The van der Waals surface area contributed by atoms with Crippen LogP contribution in [-0.2, 0) is 11.2 Å². The topological polar surface area (TPSA) is 29.1 Å². The summed E-state index contributed by atoms with van der Waals surface area (Å²) in [6.07, 6.45) is 0.160. The van der Waals surface area contributed by atoms with Gasteiger partial charge >= 0.3 is 0 Å². The van der Waals surface area contributed by atoms with Crippen LogP contribution < -0.4 is 5.32 Å². The first-order valence-corrected chi connectivity index (χ1v) is 6.02. The minimum absolute atomic E-state index is 0.160. The molecule has 2 rings (SSSR count). The summed E-state index contributed by atoms with van der Waals surface area (Å²) in [7, 11) is 0. The molecule has 0 aliphatic rings. The fourth-order valence-electron chi connectivity index (χ4n) is 1.58. The molecule has 0 saturated carbocycles. The smallest absolute Gasteiger partial charge is 0.228 e. The monoisotopic (exact) mass is 279 g/mol. The number of hydrogen-bond acceptors (Lipinski definition) is 2. The second-order valence-corrected chi connectivity index (χ2v) is 4.54. The summed E-state index contributed by atoms with van der Waals surface area (Å²) < 4.78 is 25.7. The quantitative estimate of drug-likeness (QED) is 0.828. The van der Waals surface area contributed by atoms with E-state index in [4.69, 9.17) is 0 Å². The van der Waals surface area contributed by atoms with E-state index in [0.29, 0.717) is 0 Å². The first kappa shape index (κ1) is 13.5. The molecule has 0 fully saturated rings. The normalized spacial score (nSPS) is 10.3. The summed E-state index contributed by atoms with van der Waals surface area (Å²) >= 11 is 4.15. The Morgan fingerprint density at radius 2 is 1.74 bits per heavy atom. The van der Waals surface area contributed by atoms with E-state index in [9.17, 15) is 13.6 Å². The largest absolute Gasteiger partial charge is 0.326 e. The van der Waals surface area contributed by atoms with Gasteiger partial charge in [0, 0.05) is 16.6 Å². The standard InChI is InChI=1S/C14H11F2NOS/c15-12-6-3-10(8-13(12)16)17-14(18)7-9-1-4-11(19)5-2-9/h1-6,8,19H,7H2,(H,17,18). The van der Waals surface area contributed by atoms with Gasteiger partial charge in [-0.25, -0.2) is 8.78 Å². The molecule has 5 heteroatoms. The summed E-state index contributed by atoms with van der Waals surface area (Å²) in [5, 5.41) is 2.51. The Labute approximate surface area is 114 Å². The molecule has 0 unspecified atom stereocenters. The van der Waals surface area contributed by atoms with Crippen molar-refractivity contribution in [2.45, 2.75) is 11.3 Å². The van der Waals surface area contributed by atoms with E-state index >= 15 is 0 Å². The minimum atomic E-state index is -0.989. The van der Waals surface area contributed by atoms with Crippen molar-refractivity contribution < 1.29 is 13.6 Å². The molecule has 0 aliphatic carbocycles. The third-order valence-corrected chi connectivity index (χ3v) is 2.80. The van der Waals surface area contributed by atoms with E-state index in [0.717, 1.165) is 22.6 Å². The van der Waals surface area contributed by atoms with Gasteiger partial charge < -0.3 is 5.32 Å². The molecule has 98 valence electrons. The van der Waals surface area contributed by atoms with Crippen molar-refractivity contribution in [1.29, 1.82) is 0 Å². The van der Waals surface area contributed by atoms with Gasteiger partial charge in [0.1, 0.15) is 0 Å². The van der Waals surface area contributed by atoms with Crippen molar-refractivity contribution in [3.8, 4) is 0 Å². The number of rotatable bonds is 3. The van der Waals surface area contributed by atoms with Crippen LogP contribution in [-0.4, -0.2) is 5.91 Å². The van der Waals surface area contributed by atoms with Crippen LogP contribution in [0.25, 0.3) is 0 Å². The number of anilines is 1. The Morgan fingerprint density at radius 3 is 2.37 bits per heavy atom. The van der Waals surface area contributed by atoms with E-state index in [1.165, 1.54) is 6.07 Å². The highest BCUT2D eigenvalue weighted by Crippen LogP contribution is 2.14. The Bertz CT molecular complexity index is 599. The van der Waals surface area contributed by atoms with Crippen molar-refractivity contribution in [3.05, 3.63) is 59.7 Å². The molecule has 0 spiro atoms. The molecule has 19 heavy (non-hydrogen) atoms. The first-order chi connectivity index (χ1) is 9.04. The maximum Gasteiger partial charge on any atom is 0.228 e. The van der Waals surface area contributed by atoms with Crippen LogP contribution in [0.4, 0.5) is 14.5 Å². The van der Waals surface area contributed by atoms with Gasteiger partial charge in [-0.05, 0) is 29.8 Å². The van der Waals surface area contributed by atoms with E-state index < -0.39 is 11.6 Å². The van der Waals surface area contributed by atoms with Crippen LogP contribution in [0.5, 0.6) is 0 Å². The fraction of sp³-hybridized carbons (Fsp3) is 0.0714. The lowest BCUT2D eigenvalue weighted by molar-refractivity contribution is -0.115. The van der Waals surface area contributed by atoms with E-state index in [1.54, 1.807) is 24.3 Å². The summed E-state index contributed by atoms with van der Waals surface area (Å²) in [6.45, 7) is 0. The highest BCUT2D eigenvalue weighted by atomic mass is 32.1. The number of amides is 1. The number of halogens is 2. The van der Waals surface area contributed by atoms with Crippen molar-refractivity contribution in [3.63, 3.8) is 0 Å². The number of thiol groups is 1. The Balaban J connectivity index is 2.01. The van der Waals surface area contributed by atoms with Crippen LogP contribution in [0, 0.1) is 11.6 Å². The third kappa shape index (κ3) is 3.79. The number of carbonyl (C=O) groups excluding carboxylic acids is 1. The van der Waals surface area contributed by atoms with Crippen LogP contribution in [0.3, 0.4) is 0 Å². The molecule has 0 atom stereocenters. The zero-order chi connectivity index (χ0) is 13.8. The molecule has 2 nitrogen and oxygen atoms in total. The van der Waals surface area contributed by atoms with Gasteiger partial charge in [0.05, 0.1) is 6.42 Å². The lowest BCUT2D eigenvalue weighted by atomic mass is 10.1. The summed E-state index contributed by atoms with van der Waals surface area (Å²) in [4.78, 5) is 12.5. The predicted molar refractivity (Wildman–Crippen MR) is 72.4 cm³/mol. The molecular formula is C14H11F2NOS. The second kappa shape index (κ2) is 5.84. The molecule has 0 saturated heterocycles. The molecule has 2 aromatic rings. The number of nitrogens with one attached hydrogen (secondary N) is 1. The molecule has 1 amide bonds. The SMILES string of the molecule is O=C(Cc1ccc(S)cc1)Nc1ccc(F)c(F)c1. The van der Waals surface area contributed by atoms with Crippen molar-refractivity contribution in [1.82, 2.24) is 0 Å². The summed E-state index contributed by atoms with van der Waals surface area (Å²) in [6, 6.07) is 10.4. The Morgan fingerprint density at radius 1 is 1.05 bits per heavy atom. The number of carbonyl (C=O) groups is 1. The van der Waals surface area contributed by atoms with Crippen molar-refractivity contribution >= 4 is 24.2 Å². The van der Waals surface area contributed by atoms with Gasteiger partial charge in [0.2, 0.25) is 5.91 Å². The molecule has 0 aromatic heterocycles. The molecular weight excluding hydrogens is 268 g/mol. The molecule has 1 N–H and O–H groups in total. The Kier molecular flexibility index (Phi) is 4.16. The maximum atomic E-state index is 13.0. The van der Waals surface area contributed by atoms with Gasteiger partial charge in [-0.1, -0.05) is 12.1 Å². The van der Waals surface area contributed by atoms with E-state index in [1.807, 2.05) is 0 Å². The van der Waals surface area contributed by atoms with Gasteiger partial charge in [-0.15, -0.1) is 12.6 Å². The molecule has 0 bridgehead atoms. The van der Waals surface area contributed by atoms with Gasteiger partial charge in [0.15, 0.2) is 11.6 Å². The zero-order valence-electron chi connectivity index (χ0n) is 9.86. The summed E-state index contributed by atoms with van der Waals surface area (Å²) in [5.74, 6) is -2.22. The molecule has 0 heterocycles. The zero-order valence-corrected chi connectivity index (χ0v) is 10.8. The maximum absolute atomic E-state index is 13.0. The number of benzene rings is 2. The van der Waals surface area contributed by atoms with Gasteiger partial charge in [0.25, 0.3) is 0 Å². The molecule has 2 aromatic carbocycles. The lowest BCUT2D eigenvalue weighted by Crippen LogP contribution is -2.14. The highest BCUT2D eigenvalue weighted by molar-refractivity contribution is 7.80. The van der Waals surface area contributed by atoms with Gasteiger partial charge in [-0.2, -0.15) is 0 Å². The number of hydrogen-bond donors (Lipinski definition) is 2. The third-order valence-electron chi connectivity index (χ3n) is 2.50.